The lowest BCUT2D eigenvalue weighted by atomic mass is 10.4. The zero-order valence-electron chi connectivity index (χ0n) is 9.05. The number of hydrogen-bond acceptors (Lipinski definition) is 5. The van der Waals surface area contributed by atoms with Crippen molar-refractivity contribution in [2.75, 3.05) is 13.2 Å². The number of carbonyl (C=O) groups is 2. The van der Waals surface area contributed by atoms with Gasteiger partial charge in [-0.05, 0) is 6.92 Å². The van der Waals surface area contributed by atoms with Crippen molar-refractivity contribution in [1.82, 2.24) is 20.1 Å². The maximum absolute atomic E-state index is 11.3. The maximum Gasteiger partial charge on any atom is 0.325 e. The molecule has 0 unspecified atom stereocenters. The van der Waals surface area contributed by atoms with Crippen LogP contribution in [-0.4, -0.2) is 39.8 Å². The van der Waals surface area contributed by atoms with Crippen LogP contribution in [0.15, 0.2) is 12.7 Å². The third-order valence-corrected chi connectivity index (χ3v) is 1.77. The number of rotatable bonds is 6. The van der Waals surface area contributed by atoms with E-state index in [2.05, 4.69) is 20.1 Å². The summed E-state index contributed by atoms with van der Waals surface area (Å²) in [4.78, 5) is 25.9. The summed E-state index contributed by atoms with van der Waals surface area (Å²) in [5.41, 5.74) is 0. The third kappa shape index (κ3) is 4.54. The van der Waals surface area contributed by atoms with E-state index >= 15 is 0 Å². The van der Waals surface area contributed by atoms with Gasteiger partial charge in [0.1, 0.15) is 19.2 Å². The van der Waals surface area contributed by atoms with Crippen molar-refractivity contribution in [1.29, 1.82) is 0 Å². The summed E-state index contributed by atoms with van der Waals surface area (Å²) in [6, 6.07) is 0. The molecule has 0 aromatic carbocycles. The van der Waals surface area contributed by atoms with Crippen LogP contribution in [0, 0.1) is 0 Å². The molecule has 0 aliphatic heterocycles. The molecule has 1 amide bonds. The molecule has 0 radical (unpaired) electrons. The average molecular weight is 226 g/mol. The van der Waals surface area contributed by atoms with Gasteiger partial charge in [0.25, 0.3) is 0 Å². The van der Waals surface area contributed by atoms with Crippen molar-refractivity contribution in [3.8, 4) is 0 Å². The van der Waals surface area contributed by atoms with Gasteiger partial charge in [0.2, 0.25) is 5.91 Å². The van der Waals surface area contributed by atoms with Crippen LogP contribution in [0.4, 0.5) is 0 Å². The van der Waals surface area contributed by atoms with Gasteiger partial charge in [-0.1, -0.05) is 0 Å². The molecule has 88 valence electrons. The van der Waals surface area contributed by atoms with Crippen LogP contribution in [0.25, 0.3) is 0 Å². The van der Waals surface area contributed by atoms with Crippen molar-refractivity contribution in [3.63, 3.8) is 0 Å². The Morgan fingerprint density at radius 1 is 1.50 bits per heavy atom. The van der Waals surface area contributed by atoms with Crippen molar-refractivity contribution in [3.05, 3.63) is 12.7 Å². The van der Waals surface area contributed by atoms with Gasteiger partial charge in [-0.25, -0.2) is 4.98 Å². The van der Waals surface area contributed by atoms with E-state index in [9.17, 15) is 9.59 Å². The lowest BCUT2D eigenvalue weighted by molar-refractivity contribution is -0.143. The first-order valence-electron chi connectivity index (χ1n) is 4.97. The standard InChI is InChI=1S/C9H14N4O3/c1-2-16-9(15)5-11-8(14)3-4-13-7-10-6-12-13/h6-7H,2-5H2,1H3,(H,11,14). The Labute approximate surface area is 92.8 Å². The molecule has 0 saturated carbocycles. The minimum absolute atomic E-state index is 0.0932. The Hall–Kier alpha value is -1.92. The van der Waals surface area contributed by atoms with E-state index in [1.54, 1.807) is 11.6 Å². The second kappa shape index (κ2) is 6.54. The number of aryl methyl sites for hydroxylation is 1. The highest BCUT2D eigenvalue weighted by atomic mass is 16.5. The third-order valence-electron chi connectivity index (χ3n) is 1.77. The van der Waals surface area contributed by atoms with Crippen LogP contribution in [-0.2, 0) is 20.9 Å². The van der Waals surface area contributed by atoms with Crippen molar-refractivity contribution >= 4 is 11.9 Å². The number of carbonyl (C=O) groups excluding carboxylic acids is 2. The van der Waals surface area contributed by atoms with Crippen molar-refractivity contribution < 1.29 is 14.3 Å². The van der Waals surface area contributed by atoms with Crippen molar-refractivity contribution in [2.24, 2.45) is 0 Å². The SMILES string of the molecule is CCOC(=O)CNC(=O)CCn1cncn1. The first kappa shape index (κ1) is 12.2. The lowest BCUT2D eigenvalue weighted by Gasteiger charge is -2.04. The Morgan fingerprint density at radius 3 is 2.94 bits per heavy atom. The molecule has 1 rings (SSSR count). The monoisotopic (exact) mass is 226 g/mol. The van der Waals surface area contributed by atoms with Gasteiger partial charge in [0, 0.05) is 6.42 Å². The van der Waals surface area contributed by atoms with Gasteiger partial charge in [0.05, 0.1) is 13.2 Å². The molecule has 1 heterocycles. The van der Waals surface area contributed by atoms with E-state index in [1.807, 2.05) is 0 Å². The largest absolute Gasteiger partial charge is 0.465 e. The number of esters is 1. The molecule has 0 atom stereocenters. The van der Waals surface area contributed by atoms with E-state index in [1.165, 1.54) is 12.7 Å². The molecule has 1 aromatic rings. The van der Waals surface area contributed by atoms with Crippen LogP contribution in [0.3, 0.4) is 0 Å². The number of aromatic nitrogens is 3. The predicted molar refractivity (Wildman–Crippen MR) is 54.3 cm³/mol. The number of nitrogens with zero attached hydrogens (tertiary/aromatic N) is 3. The fraction of sp³-hybridized carbons (Fsp3) is 0.556. The molecule has 1 aromatic heterocycles. The first-order valence-corrected chi connectivity index (χ1v) is 4.97. The maximum atomic E-state index is 11.3. The van der Waals surface area contributed by atoms with E-state index in [-0.39, 0.29) is 18.9 Å². The topological polar surface area (TPSA) is 86.1 Å². The Balaban J connectivity index is 2.14. The first-order chi connectivity index (χ1) is 7.72. The molecule has 0 aliphatic carbocycles. The summed E-state index contributed by atoms with van der Waals surface area (Å²) in [5.74, 6) is -0.653. The van der Waals surface area contributed by atoms with Gasteiger partial charge in [-0.15, -0.1) is 0 Å². The zero-order valence-corrected chi connectivity index (χ0v) is 9.05. The Kier molecular flexibility index (Phi) is 4.97. The van der Waals surface area contributed by atoms with Crippen LogP contribution in [0.5, 0.6) is 0 Å². The van der Waals surface area contributed by atoms with E-state index < -0.39 is 5.97 Å². The quantitative estimate of drug-likeness (QED) is 0.651. The Morgan fingerprint density at radius 2 is 2.31 bits per heavy atom. The molecule has 0 bridgehead atoms. The normalized spacial score (nSPS) is 9.81. The minimum atomic E-state index is -0.434. The number of nitrogens with one attached hydrogen (secondary N) is 1. The predicted octanol–water partition coefficient (Wildman–Crippen LogP) is -0.652. The van der Waals surface area contributed by atoms with Crippen LogP contribution >= 0.6 is 0 Å². The Bertz CT molecular complexity index is 337. The summed E-state index contributed by atoms with van der Waals surface area (Å²) in [6.45, 7) is 2.37. The highest BCUT2D eigenvalue weighted by Gasteiger charge is 2.05. The number of hydrogen-bond donors (Lipinski definition) is 1. The zero-order chi connectivity index (χ0) is 11.8. The highest BCUT2D eigenvalue weighted by molar-refractivity contribution is 5.81. The van der Waals surface area contributed by atoms with Crippen LogP contribution < -0.4 is 5.32 Å². The van der Waals surface area contributed by atoms with Crippen LogP contribution in [0.1, 0.15) is 13.3 Å². The number of amides is 1. The fourth-order valence-corrected chi connectivity index (χ4v) is 1.04. The molecule has 0 spiro atoms. The molecule has 0 saturated heterocycles. The fourth-order valence-electron chi connectivity index (χ4n) is 1.04. The van der Waals surface area contributed by atoms with E-state index in [4.69, 9.17) is 0 Å². The molecular weight excluding hydrogens is 212 g/mol. The summed E-state index contributed by atoms with van der Waals surface area (Å²) in [7, 11) is 0. The lowest BCUT2D eigenvalue weighted by Crippen LogP contribution is -2.31. The molecule has 1 N–H and O–H groups in total. The molecule has 7 heteroatoms. The van der Waals surface area contributed by atoms with Crippen molar-refractivity contribution in [2.45, 2.75) is 19.9 Å². The van der Waals surface area contributed by atoms with E-state index in [0.29, 0.717) is 13.2 Å². The molecule has 7 nitrogen and oxygen atoms in total. The molecular formula is C9H14N4O3. The molecule has 0 aliphatic rings. The van der Waals surface area contributed by atoms with Gasteiger partial charge in [-0.3, -0.25) is 14.3 Å². The summed E-state index contributed by atoms with van der Waals surface area (Å²) in [5, 5.41) is 6.30. The van der Waals surface area contributed by atoms with Gasteiger partial charge in [0.15, 0.2) is 0 Å². The second-order valence-corrected chi connectivity index (χ2v) is 2.99. The minimum Gasteiger partial charge on any atom is -0.465 e. The summed E-state index contributed by atoms with van der Waals surface area (Å²) >= 11 is 0. The van der Waals surface area contributed by atoms with Gasteiger partial charge >= 0.3 is 5.97 Å². The smallest absolute Gasteiger partial charge is 0.325 e. The summed E-state index contributed by atoms with van der Waals surface area (Å²) in [6.07, 6.45) is 3.18. The molecule has 16 heavy (non-hydrogen) atoms. The summed E-state index contributed by atoms with van der Waals surface area (Å²) < 4.78 is 6.21. The van der Waals surface area contributed by atoms with Gasteiger partial charge < -0.3 is 10.1 Å². The number of ether oxygens (including phenoxy) is 1. The second-order valence-electron chi connectivity index (χ2n) is 2.99. The van der Waals surface area contributed by atoms with Crippen LogP contribution in [0.2, 0.25) is 0 Å². The average Bonchev–Trinajstić information content (AvgIpc) is 2.77. The van der Waals surface area contributed by atoms with Gasteiger partial charge in [-0.2, -0.15) is 5.10 Å². The highest BCUT2D eigenvalue weighted by Crippen LogP contribution is 1.87. The van der Waals surface area contributed by atoms with E-state index in [0.717, 1.165) is 0 Å². The molecule has 0 fully saturated rings.